The molecule has 4 heterocycles. The quantitative estimate of drug-likeness (QED) is 0.311. The summed E-state index contributed by atoms with van der Waals surface area (Å²) in [5, 5.41) is 2.73. The summed E-state index contributed by atoms with van der Waals surface area (Å²) >= 11 is 2.95. The van der Waals surface area contributed by atoms with Gasteiger partial charge in [-0.1, -0.05) is 12.1 Å². The third-order valence-corrected chi connectivity index (χ3v) is 9.09. The molecule has 2 fully saturated rings. The highest BCUT2D eigenvalue weighted by atomic mass is 32.1. The van der Waals surface area contributed by atoms with Gasteiger partial charge in [0.05, 0.1) is 40.4 Å². The van der Waals surface area contributed by atoms with Gasteiger partial charge in [-0.2, -0.15) is 0 Å². The molecule has 0 spiro atoms. The fourth-order valence-electron chi connectivity index (χ4n) is 5.05. The first-order valence-corrected chi connectivity index (χ1v) is 14.7. The van der Waals surface area contributed by atoms with Gasteiger partial charge in [0.2, 0.25) is 5.91 Å². The van der Waals surface area contributed by atoms with Gasteiger partial charge in [-0.25, -0.2) is 9.88 Å². The molecule has 0 saturated carbocycles. The molecular weight excluding hydrogens is 532 g/mol. The van der Waals surface area contributed by atoms with E-state index in [0.717, 1.165) is 33.9 Å². The van der Waals surface area contributed by atoms with Crippen molar-refractivity contribution in [2.75, 3.05) is 44.3 Å². The van der Waals surface area contributed by atoms with Crippen molar-refractivity contribution in [3.05, 3.63) is 70.4 Å². The number of hydrogen-bond acceptors (Lipinski definition) is 8. The monoisotopic (exact) mass is 560 g/mol. The van der Waals surface area contributed by atoms with Crippen molar-refractivity contribution in [3.63, 3.8) is 0 Å². The molecule has 8 nitrogen and oxygen atoms in total. The lowest BCUT2D eigenvalue weighted by Crippen LogP contribution is -2.49. The standard InChI is InChI=1S/C29H28N4O4S2/c1-19-4-9-22-25(17-19)39-27(30-22)20-5-7-21(8-6-20)33-26(34)18-23(28(33)35)32(29(36)24-3-2-16-38-24)11-10-31-12-14-37-15-13-31/h2-9,16-17,23H,10-15,18H2,1H3. The van der Waals surface area contributed by atoms with Gasteiger partial charge >= 0.3 is 0 Å². The molecule has 0 radical (unpaired) electrons. The maximum atomic E-state index is 13.7. The second-order valence-corrected chi connectivity index (χ2v) is 11.7. The Morgan fingerprint density at radius 3 is 2.64 bits per heavy atom. The Labute approximate surface area is 234 Å². The van der Waals surface area contributed by atoms with Gasteiger partial charge < -0.3 is 9.64 Å². The van der Waals surface area contributed by atoms with Gasteiger partial charge in [0.1, 0.15) is 11.0 Å². The van der Waals surface area contributed by atoms with E-state index in [2.05, 4.69) is 17.9 Å². The van der Waals surface area contributed by atoms with Crippen molar-refractivity contribution in [2.45, 2.75) is 19.4 Å². The number of hydrogen-bond donors (Lipinski definition) is 0. The van der Waals surface area contributed by atoms with E-state index in [4.69, 9.17) is 9.72 Å². The molecule has 10 heteroatoms. The second-order valence-electron chi connectivity index (χ2n) is 9.75. The molecule has 6 rings (SSSR count). The summed E-state index contributed by atoms with van der Waals surface area (Å²) in [4.78, 5) is 50.6. The summed E-state index contributed by atoms with van der Waals surface area (Å²) in [6.45, 7) is 5.92. The number of ether oxygens (including phenoxy) is 1. The van der Waals surface area contributed by atoms with Crippen LogP contribution in [0.2, 0.25) is 0 Å². The summed E-state index contributed by atoms with van der Waals surface area (Å²) in [6, 6.07) is 16.3. The van der Waals surface area contributed by atoms with Crippen LogP contribution < -0.4 is 4.90 Å². The number of imide groups is 1. The van der Waals surface area contributed by atoms with Crippen molar-refractivity contribution in [3.8, 4) is 10.6 Å². The number of morpholine rings is 1. The molecule has 0 aliphatic carbocycles. The lowest BCUT2D eigenvalue weighted by Gasteiger charge is -2.32. The van der Waals surface area contributed by atoms with Gasteiger partial charge in [0, 0.05) is 31.7 Å². The van der Waals surface area contributed by atoms with Crippen LogP contribution in [0.25, 0.3) is 20.8 Å². The predicted molar refractivity (Wildman–Crippen MR) is 153 cm³/mol. The third-order valence-electron chi connectivity index (χ3n) is 7.17. The number of anilines is 1. The summed E-state index contributed by atoms with van der Waals surface area (Å²) in [7, 11) is 0. The van der Waals surface area contributed by atoms with E-state index in [1.165, 1.54) is 21.8 Å². The fraction of sp³-hybridized carbons (Fsp3) is 0.310. The van der Waals surface area contributed by atoms with E-state index in [-0.39, 0.29) is 24.1 Å². The van der Waals surface area contributed by atoms with E-state index in [1.807, 2.05) is 35.7 Å². The third kappa shape index (κ3) is 5.25. The predicted octanol–water partition coefficient (Wildman–Crippen LogP) is 4.44. The molecule has 4 aromatic rings. The van der Waals surface area contributed by atoms with Gasteiger partial charge in [-0.3, -0.25) is 19.3 Å². The van der Waals surface area contributed by atoms with E-state index < -0.39 is 6.04 Å². The Balaban J connectivity index is 1.22. The number of thiazole rings is 1. The Morgan fingerprint density at radius 2 is 1.90 bits per heavy atom. The van der Waals surface area contributed by atoms with E-state index >= 15 is 0 Å². The molecule has 2 aliphatic rings. The van der Waals surface area contributed by atoms with Gasteiger partial charge in [0.15, 0.2) is 0 Å². The largest absolute Gasteiger partial charge is 0.379 e. The first-order chi connectivity index (χ1) is 19.0. The Morgan fingerprint density at radius 1 is 1.10 bits per heavy atom. The molecule has 0 bridgehead atoms. The van der Waals surface area contributed by atoms with Gasteiger partial charge in [0.25, 0.3) is 11.8 Å². The van der Waals surface area contributed by atoms with Crippen LogP contribution in [0, 0.1) is 6.92 Å². The number of benzene rings is 2. The SMILES string of the molecule is Cc1ccc2nc(-c3ccc(N4C(=O)CC(N(CCN5CCOCC5)C(=O)c5cccs5)C4=O)cc3)sc2c1. The average molecular weight is 561 g/mol. The van der Waals surface area contributed by atoms with Crippen molar-refractivity contribution < 1.29 is 19.1 Å². The molecule has 1 unspecified atom stereocenters. The lowest BCUT2D eigenvalue weighted by atomic mass is 10.2. The summed E-state index contributed by atoms with van der Waals surface area (Å²) in [6.07, 6.45) is -0.0297. The molecule has 2 aliphatic heterocycles. The molecule has 2 aromatic heterocycles. The van der Waals surface area contributed by atoms with Crippen molar-refractivity contribution in [1.82, 2.24) is 14.8 Å². The second kappa shape index (κ2) is 11.0. The minimum atomic E-state index is -0.833. The van der Waals surface area contributed by atoms with E-state index in [1.54, 1.807) is 34.4 Å². The van der Waals surface area contributed by atoms with Gasteiger partial charge in [-0.15, -0.1) is 22.7 Å². The zero-order valence-electron chi connectivity index (χ0n) is 21.5. The van der Waals surface area contributed by atoms with Gasteiger partial charge in [-0.05, 0) is 60.3 Å². The number of aromatic nitrogens is 1. The zero-order valence-corrected chi connectivity index (χ0v) is 23.2. The van der Waals surface area contributed by atoms with E-state index in [0.29, 0.717) is 36.9 Å². The molecule has 1 atom stereocenters. The maximum Gasteiger partial charge on any atom is 0.264 e. The Bertz CT molecular complexity index is 1510. The summed E-state index contributed by atoms with van der Waals surface area (Å²) in [5.74, 6) is -0.883. The topological polar surface area (TPSA) is 83.1 Å². The number of aryl methyl sites for hydroxylation is 1. The number of thiophene rings is 1. The van der Waals surface area contributed by atoms with Crippen LogP contribution in [0.5, 0.6) is 0 Å². The Hall–Kier alpha value is -3.44. The maximum absolute atomic E-state index is 13.7. The van der Waals surface area contributed by atoms with Crippen LogP contribution >= 0.6 is 22.7 Å². The molecule has 2 aromatic carbocycles. The lowest BCUT2D eigenvalue weighted by molar-refractivity contribution is -0.122. The van der Waals surface area contributed by atoms with Crippen LogP contribution in [0.1, 0.15) is 21.7 Å². The number of amides is 3. The number of rotatable bonds is 7. The highest BCUT2D eigenvalue weighted by Gasteiger charge is 2.44. The molecule has 200 valence electrons. The number of fused-ring (bicyclic) bond motifs is 1. The number of carbonyl (C=O) groups excluding carboxylic acids is 3. The van der Waals surface area contributed by atoms with Crippen LogP contribution in [-0.4, -0.2) is 77.9 Å². The first kappa shape index (κ1) is 25.8. The highest BCUT2D eigenvalue weighted by Crippen LogP contribution is 2.33. The molecule has 3 amide bonds. The van der Waals surface area contributed by atoms with Crippen molar-refractivity contribution >= 4 is 56.3 Å². The highest BCUT2D eigenvalue weighted by molar-refractivity contribution is 7.21. The number of carbonyl (C=O) groups is 3. The first-order valence-electron chi connectivity index (χ1n) is 13.0. The van der Waals surface area contributed by atoms with Crippen LogP contribution in [-0.2, 0) is 14.3 Å². The molecule has 2 saturated heterocycles. The molecule has 0 N–H and O–H groups in total. The minimum absolute atomic E-state index is 0.0297. The Kier molecular flexibility index (Phi) is 7.26. The van der Waals surface area contributed by atoms with Crippen LogP contribution in [0.15, 0.2) is 60.0 Å². The summed E-state index contributed by atoms with van der Waals surface area (Å²) < 4.78 is 6.55. The van der Waals surface area contributed by atoms with E-state index in [9.17, 15) is 14.4 Å². The normalized spacial score (nSPS) is 18.3. The minimum Gasteiger partial charge on any atom is -0.379 e. The average Bonchev–Trinajstić information content (AvgIpc) is 3.69. The molecular formula is C29H28N4O4S2. The molecule has 39 heavy (non-hydrogen) atoms. The fourth-order valence-corrected chi connectivity index (χ4v) is 6.80. The van der Waals surface area contributed by atoms with Crippen LogP contribution in [0.4, 0.5) is 5.69 Å². The summed E-state index contributed by atoms with van der Waals surface area (Å²) in [5.41, 5.74) is 3.56. The number of nitrogens with zero attached hydrogens (tertiary/aromatic N) is 4. The van der Waals surface area contributed by atoms with Crippen LogP contribution in [0.3, 0.4) is 0 Å². The van der Waals surface area contributed by atoms with Crippen molar-refractivity contribution in [1.29, 1.82) is 0 Å². The van der Waals surface area contributed by atoms with Crippen molar-refractivity contribution in [2.24, 2.45) is 0 Å². The smallest absolute Gasteiger partial charge is 0.264 e. The zero-order chi connectivity index (χ0) is 26.9.